The van der Waals surface area contributed by atoms with Gasteiger partial charge in [-0.05, 0) is 55.2 Å². The van der Waals surface area contributed by atoms with Crippen LogP contribution in [-0.2, 0) is 19.2 Å². The molecule has 3 amide bonds. The molecule has 0 radical (unpaired) electrons. The molecule has 0 spiro atoms. The van der Waals surface area contributed by atoms with Crippen molar-refractivity contribution < 1.29 is 23.9 Å². The van der Waals surface area contributed by atoms with E-state index in [2.05, 4.69) is 0 Å². The normalized spacial score (nSPS) is 25.5. The molecule has 5 rings (SSSR count). The van der Waals surface area contributed by atoms with Crippen LogP contribution in [0.5, 0.6) is 5.75 Å². The molecule has 0 bridgehead atoms. The van der Waals surface area contributed by atoms with E-state index in [-0.39, 0.29) is 59.2 Å². The van der Waals surface area contributed by atoms with Crippen LogP contribution in [0.4, 0.5) is 11.4 Å². The smallest absolute Gasteiger partial charge is 0.316 e. The lowest BCUT2D eigenvalue weighted by Crippen LogP contribution is -2.32. The Morgan fingerprint density at radius 2 is 1.83 bits per heavy atom. The third-order valence-corrected chi connectivity index (χ3v) is 7.99. The number of amides is 3. The predicted octanol–water partition coefficient (Wildman–Crippen LogP) is 4.96. The van der Waals surface area contributed by atoms with Crippen LogP contribution in [-0.4, -0.2) is 30.2 Å². The Morgan fingerprint density at radius 1 is 1.06 bits per heavy atom. The maximum absolute atomic E-state index is 13.1. The molecule has 0 saturated carbocycles. The Kier molecular flexibility index (Phi) is 6.39. The van der Waals surface area contributed by atoms with Gasteiger partial charge >= 0.3 is 5.97 Å². The number of hydrogen-bond acceptors (Lipinski definition) is 5. The molecular formula is C27H24Cl2N2O5. The lowest BCUT2D eigenvalue weighted by molar-refractivity contribution is -0.139. The van der Waals surface area contributed by atoms with E-state index < -0.39 is 11.9 Å². The van der Waals surface area contributed by atoms with Crippen molar-refractivity contribution in [1.82, 2.24) is 0 Å². The molecule has 1 aliphatic carbocycles. The number of hydrogen-bond donors (Lipinski definition) is 0. The topological polar surface area (TPSA) is 84.0 Å². The van der Waals surface area contributed by atoms with Crippen molar-refractivity contribution in [2.24, 2.45) is 23.7 Å². The number of aryl methyl sites for hydroxylation is 1. The lowest BCUT2D eigenvalue weighted by atomic mass is 9.78. The van der Waals surface area contributed by atoms with Crippen LogP contribution >= 0.6 is 23.2 Å². The minimum atomic E-state index is -0.675. The maximum Gasteiger partial charge on any atom is 0.316 e. The number of imide groups is 1. The molecule has 186 valence electrons. The van der Waals surface area contributed by atoms with Crippen LogP contribution in [0.15, 0.2) is 48.6 Å². The van der Waals surface area contributed by atoms with Crippen molar-refractivity contribution in [3.8, 4) is 5.75 Å². The lowest BCUT2D eigenvalue weighted by Gasteiger charge is -2.22. The number of fused-ring (bicyclic) bond motifs is 1. The Labute approximate surface area is 218 Å². The van der Waals surface area contributed by atoms with Crippen molar-refractivity contribution in [3.05, 3.63) is 64.2 Å². The summed E-state index contributed by atoms with van der Waals surface area (Å²) in [5.74, 6) is -2.27. The minimum Gasteiger partial charge on any atom is -0.426 e. The van der Waals surface area contributed by atoms with Gasteiger partial charge < -0.3 is 9.64 Å². The molecule has 2 heterocycles. The highest BCUT2D eigenvalue weighted by Gasteiger charge is 2.50. The van der Waals surface area contributed by atoms with E-state index >= 15 is 0 Å². The van der Waals surface area contributed by atoms with E-state index in [1.165, 1.54) is 9.80 Å². The van der Waals surface area contributed by atoms with E-state index in [1.54, 1.807) is 43.3 Å². The molecule has 2 aromatic rings. The molecule has 2 fully saturated rings. The summed E-state index contributed by atoms with van der Waals surface area (Å²) in [5, 5.41) is 0.576. The second-order valence-electron chi connectivity index (χ2n) is 9.51. The number of nitrogens with zero attached hydrogens (tertiary/aromatic N) is 2. The zero-order valence-corrected chi connectivity index (χ0v) is 21.3. The van der Waals surface area contributed by atoms with Crippen LogP contribution in [0.1, 0.15) is 25.3 Å². The maximum atomic E-state index is 13.1. The van der Waals surface area contributed by atoms with E-state index in [9.17, 15) is 19.2 Å². The van der Waals surface area contributed by atoms with E-state index in [1.807, 2.05) is 19.1 Å². The molecule has 0 N–H and O–H groups in total. The number of halogens is 2. The minimum absolute atomic E-state index is 0.00112. The first-order chi connectivity index (χ1) is 17.2. The average Bonchev–Trinajstić information content (AvgIpc) is 3.34. The number of rotatable bonds is 4. The van der Waals surface area contributed by atoms with Crippen LogP contribution in [0.25, 0.3) is 0 Å². The van der Waals surface area contributed by atoms with Gasteiger partial charge in [0.2, 0.25) is 17.7 Å². The molecule has 9 heteroatoms. The first-order valence-electron chi connectivity index (χ1n) is 11.8. The van der Waals surface area contributed by atoms with Gasteiger partial charge in [-0.1, -0.05) is 48.3 Å². The second-order valence-corrected chi connectivity index (χ2v) is 10.3. The van der Waals surface area contributed by atoms with Gasteiger partial charge in [-0.15, -0.1) is 0 Å². The van der Waals surface area contributed by atoms with Crippen molar-refractivity contribution in [3.63, 3.8) is 0 Å². The largest absolute Gasteiger partial charge is 0.426 e. The number of esters is 1. The van der Waals surface area contributed by atoms with E-state index in [0.29, 0.717) is 28.4 Å². The first-order valence-corrected chi connectivity index (χ1v) is 12.5. The summed E-state index contributed by atoms with van der Waals surface area (Å²) in [6, 6.07) is 9.80. The molecule has 3 aliphatic rings. The standard InChI is InChI=1S/C27H24Cl2N2O5/c1-14-5-3-6-18-23(14)26(34)31(25(18)33)20-10-9-17(11-15(20)2)36-27(35)16-12-22(32)30(13-16)21-8-4-7-19(28)24(21)29/h3-5,7-11,14,16,18,23H,6,12-13H2,1-2H3/t14-,16+,18+,23+/m0/s1. The summed E-state index contributed by atoms with van der Waals surface area (Å²) in [7, 11) is 0. The monoisotopic (exact) mass is 526 g/mol. The van der Waals surface area contributed by atoms with Gasteiger partial charge in [-0.25, -0.2) is 4.90 Å². The molecule has 2 aromatic carbocycles. The molecular weight excluding hydrogens is 503 g/mol. The molecule has 2 saturated heterocycles. The van der Waals surface area contributed by atoms with Gasteiger partial charge in [0.05, 0.1) is 39.2 Å². The summed E-state index contributed by atoms with van der Waals surface area (Å²) in [6.07, 6.45) is 4.50. The molecule has 0 unspecified atom stereocenters. The molecule has 0 aromatic heterocycles. The summed E-state index contributed by atoms with van der Waals surface area (Å²) >= 11 is 12.3. The Balaban J connectivity index is 1.30. The number of ether oxygens (including phenoxy) is 1. The van der Waals surface area contributed by atoms with Crippen LogP contribution in [0.2, 0.25) is 10.0 Å². The molecule has 4 atom stereocenters. The SMILES string of the molecule is Cc1cc(OC(=O)[C@@H]2CC(=O)N(c3cccc(Cl)c3Cl)C2)ccc1N1C(=O)[C@@H]2[C@@H](C)C=CC[C@H]2C1=O. The van der Waals surface area contributed by atoms with E-state index in [4.69, 9.17) is 27.9 Å². The summed E-state index contributed by atoms with van der Waals surface area (Å²) in [5.41, 5.74) is 1.58. The van der Waals surface area contributed by atoms with Gasteiger partial charge in [0.15, 0.2) is 0 Å². The number of anilines is 2. The molecule has 7 nitrogen and oxygen atoms in total. The number of carbonyl (C=O) groups excluding carboxylic acids is 4. The van der Waals surface area contributed by atoms with Crippen LogP contribution < -0.4 is 14.5 Å². The van der Waals surface area contributed by atoms with Gasteiger partial charge in [-0.2, -0.15) is 0 Å². The summed E-state index contributed by atoms with van der Waals surface area (Å²) in [4.78, 5) is 54.3. The van der Waals surface area contributed by atoms with Gasteiger partial charge in [0, 0.05) is 13.0 Å². The second kappa shape index (κ2) is 9.37. The highest BCUT2D eigenvalue weighted by molar-refractivity contribution is 6.44. The molecule has 2 aliphatic heterocycles. The van der Waals surface area contributed by atoms with Crippen LogP contribution in [0, 0.1) is 30.6 Å². The average molecular weight is 527 g/mol. The van der Waals surface area contributed by atoms with Gasteiger partial charge in [0.1, 0.15) is 5.75 Å². The predicted molar refractivity (Wildman–Crippen MR) is 136 cm³/mol. The number of carbonyl (C=O) groups is 4. The third-order valence-electron chi connectivity index (χ3n) is 7.18. The van der Waals surface area contributed by atoms with E-state index in [0.717, 1.165) is 0 Å². The quantitative estimate of drug-likeness (QED) is 0.243. The highest BCUT2D eigenvalue weighted by Crippen LogP contribution is 2.42. The Hall–Kier alpha value is -3.16. The Morgan fingerprint density at radius 3 is 2.56 bits per heavy atom. The fourth-order valence-electron chi connectivity index (χ4n) is 5.33. The van der Waals surface area contributed by atoms with Crippen LogP contribution in [0.3, 0.4) is 0 Å². The fraction of sp³-hybridized carbons (Fsp3) is 0.333. The molecule has 36 heavy (non-hydrogen) atoms. The van der Waals surface area contributed by atoms with Crippen molar-refractivity contribution in [2.75, 3.05) is 16.3 Å². The highest BCUT2D eigenvalue weighted by atomic mass is 35.5. The summed E-state index contributed by atoms with van der Waals surface area (Å²) in [6.45, 7) is 3.84. The van der Waals surface area contributed by atoms with Gasteiger partial charge in [-0.3, -0.25) is 19.2 Å². The van der Waals surface area contributed by atoms with Crippen molar-refractivity contribution in [2.45, 2.75) is 26.7 Å². The van der Waals surface area contributed by atoms with Crippen molar-refractivity contribution in [1.29, 1.82) is 0 Å². The number of allylic oxidation sites excluding steroid dienone is 2. The summed E-state index contributed by atoms with van der Waals surface area (Å²) < 4.78 is 5.57. The first kappa shape index (κ1) is 24.5. The van der Waals surface area contributed by atoms with Crippen molar-refractivity contribution >= 4 is 58.3 Å². The fourth-order valence-corrected chi connectivity index (χ4v) is 5.72. The van der Waals surface area contributed by atoms with Gasteiger partial charge in [0.25, 0.3) is 0 Å². The zero-order chi connectivity index (χ0) is 25.7. The number of benzene rings is 2. The third kappa shape index (κ3) is 4.10. The Bertz CT molecular complexity index is 1320. The zero-order valence-electron chi connectivity index (χ0n) is 19.7.